The van der Waals surface area contributed by atoms with E-state index < -0.39 is 18.6 Å². The largest absolute Gasteiger partial charge is 0.497 e. The molecule has 174 valence electrons. The zero-order valence-corrected chi connectivity index (χ0v) is 18.9. The van der Waals surface area contributed by atoms with Crippen LogP contribution in [0.2, 0.25) is 0 Å². The van der Waals surface area contributed by atoms with Crippen LogP contribution in [0.25, 0.3) is 0 Å². The van der Waals surface area contributed by atoms with Crippen molar-refractivity contribution < 1.29 is 28.7 Å². The zero-order valence-electron chi connectivity index (χ0n) is 18.9. The molecule has 1 aromatic rings. The van der Waals surface area contributed by atoms with E-state index in [2.05, 4.69) is 12.2 Å². The Labute approximate surface area is 193 Å². The van der Waals surface area contributed by atoms with Crippen LogP contribution in [0.15, 0.2) is 36.4 Å². The van der Waals surface area contributed by atoms with Gasteiger partial charge in [-0.2, -0.15) is 0 Å². The number of ketones is 1. The smallest absolute Gasteiger partial charge is 0.329 e. The summed E-state index contributed by atoms with van der Waals surface area (Å²) < 4.78 is 10.4. The van der Waals surface area contributed by atoms with Gasteiger partial charge < -0.3 is 9.47 Å². The molecule has 1 heterocycles. The van der Waals surface area contributed by atoms with Crippen LogP contribution in [-0.4, -0.2) is 48.2 Å². The van der Waals surface area contributed by atoms with Crippen molar-refractivity contribution >= 4 is 23.6 Å². The molecule has 7 nitrogen and oxygen atoms in total. The molecule has 0 N–H and O–H groups in total. The lowest BCUT2D eigenvalue weighted by Crippen LogP contribution is -2.47. The van der Waals surface area contributed by atoms with Gasteiger partial charge in [-0.15, -0.1) is 0 Å². The first kappa shape index (κ1) is 21.9. The number of ether oxygens (including phenoxy) is 2. The third kappa shape index (κ3) is 3.58. The van der Waals surface area contributed by atoms with Gasteiger partial charge in [-0.3, -0.25) is 19.3 Å². The van der Waals surface area contributed by atoms with Gasteiger partial charge in [0.1, 0.15) is 11.8 Å². The van der Waals surface area contributed by atoms with Gasteiger partial charge in [0.2, 0.25) is 11.8 Å². The topological polar surface area (TPSA) is 90.0 Å². The number of rotatable bonds is 9. The first-order valence-corrected chi connectivity index (χ1v) is 11.8. The molecule has 0 spiro atoms. The second kappa shape index (κ2) is 8.43. The molecule has 1 aromatic carbocycles. The second-order valence-electron chi connectivity index (χ2n) is 9.62. The van der Waals surface area contributed by atoms with Gasteiger partial charge in [0.15, 0.2) is 12.4 Å². The first-order valence-electron chi connectivity index (χ1n) is 11.8. The minimum Gasteiger partial charge on any atom is -0.497 e. The molecule has 4 aliphatic carbocycles. The van der Waals surface area contributed by atoms with Crippen molar-refractivity contribution in [2.24, 2.45) is 35.5 Å². The van der Waals surface area contributed by atoms with Crippen LogP contribution in [-0.2, 0) is 19.1 Å². The second-order valence-corrected chi connectivity index (χ2v) is 9.62. The summed E-state index contributed by atoms with van der Waals surface area (Å²) in [6.45, 7) is 1.55. The molecular weight excluding hydrogens is 422 g/mol. The number of allylic oxidation sites excluding steroid dienone is 2. The Morgan fingerprint density at radius 1 is 1.03 bits per heavy atom. The summed E-state index contributed by atoms with van der Waals surface area (Å²) in [7, 11) is 1.54. The van der Waals surface area contributed by atoms with E-state index in [0.29, 0.717) is 36.0 Å². The van der Waals surface area contributed by atoms with Crippen molar-refractivity contribution in [3.63, 3.8) is 0 Å². The zero-order chi connectivity index (χ0) is 23.3. The summed E-state index contributed by atoms with van der Waals surface area (Å²) in [4.78, 5) is 53.6. The fourth-order valence-corrected chi connectivity index (χ4v) is 6.13. The third-order valence-electron chi connectivity index (χ3n) is 7.87. The standard InChI is InChI=1S/C26H29NO6/c1-3-4-5-20(26(31)33-13-21(28)14-6-8-15(32-2)9-7-14)27-24(29)22-16-10-11-17(19-12-18(16)19)23(22)25(27)30/h6-11,16-20,22-23H,3-5,12-13H2,1-2H3/t16-,17-,18-,19-,20+,22-,23+/m1/s1. The maximum absolute atomic E-state index is 13.4. The van der Waals surface area contributed by atoms with E-state index in [0.717, 1.165) is 12.8 Å². The molecule has 0 radical (unpaired) electrons. The van der Waals surface area contributed by atoms with E-state index in [-0.39, 0.29) is 41.3 Å². The summed E-state index contributed by atoms with van der Waals surface area (Å²) >= 11 is 0. The van der Waals surface area contributed by atoms with Crippen LogP contribution in [0.4, 0.5) is 0 Å². The Balaban J connectivity index is 1.30. The minimum absolute atomic E-state index is 0.103. The van der Waals surface area contributed by atoms with Gasteiger partial charge in [-0.05, 0) is 60.8 Å². The molecule has 2 saturated carbocycles. The van der Waals surface area contributed by atoms with E-state index in [4.69, 9.17) is 9.47 Å². The predicted octanol–water partition coefficient (Wildman–Crippen LogP) is 3.03. The number of likely N-dealkylation sites (tertiary alicyclic amines) is 1. The Bertz CT molecular complexity index is 978. The summed E-state index contributed by atoms with van der Waals surface area (Å²) in [5.41, 5.74) is 0.398. The van der Waals surface area contributed by atoms with Gasteiger partial charge in [0.05, 0.1) is 18.9 Å². The number of Topliss-reactive ketones (excluding diaryl/α,β-unsaturated/α-hetero) is 1. The van der Waals surface area contributed by atoms with Crippen molar-refractivity contribution in [1.29, 1.82) is 0 Å². The molecule has 3 fully saturated rings. The van der Waals surface area contributed by atoms with Crippen LogP contribution < -0.4 is 4.74 Å². The number of hydrogen-bond acceptors (Lipinski definition) is 6. The molecule has 0 aromatic heterocycles. The molecule has 7 atom stereocenters. The molecule has 1 aliphatic heterocycles. The van der Waals surface area contributed by atoms with E-state index in [1.54, 1.807) is 24.3 Å². The normalized spacial score (nSPS) is 31.8. The van der Waals surface area contributed by atoms with Crippen molar-refractivity contribution in [3.8, 4) is 5.75 Å². The quantitative estimate of drug-likeness (QED) is 0.248. The molecular formula is C26H29NO6. The number of amides is 2. The lowest BCUT2D eigenvalue weighted by atomic mass is 9.63. The van der Waals surface area contributed by atoms with E-state index in [1.165, 1.54) is 12.0 Å². The molecule has 0 unspecified atom stereocenters. The predicted molar refractivity (Wildman–Crippen MR) is 118 cm³/mol. The highest BCUT2D eigenvalue weighted by molar-refractivity contribution is 6.09. The number of carbonyl (C=O) groups excluding carboxylic acids is 4. The van der Waals surface area contributed by atoms with E-state index in [1.807, 2.05) is 6.92 Å². The average Bonchev–Trinajstić information content (AvgIpc) is 3.62. The van der Waals surface area contributed by atoms with Crippen LogP contribution in [0, 0.1) is 35.5 Å². The van der Waals surface area contributed by atoms with Gasteiger partial charge in [0, 0.05) is 5.56 Å². The third-order valence-corrected chi connectivity index (χ3v) is 7.87. The molecule has 2 amide bonds. The van der Waals surface area contributed by atoms with E-state index >= 15 is 0 Å². The lowest BCUT2D eigenvalue weighted by molar-refractivity contribution is -0.158. The fourth-order valence-electron chi connectivity index (χ4n) is 6.13. The molecule has 5 aliphatic rings. The van der Waals surface area contributed by atoms with Crippen molar-refractivity contribution in [2.75, 3.05) is 13.7 Å². The maximum atomic E-state index is 13.4. The number of nitrogens with zero attached hydrogens (tertiary/aromatic N) is 1. The van der Waals surface area contributed by atoms with Gasteiger partial charge in [-0.1, -0.05) is 31.9 Å². The monoisotopic (exact) mass is 451 g/mol. The van der Waals surface area contributed by atoms with Crippen LogP contribution in [0.3, 0.4) is 0 Å². The van der Waals surface area contributed by atoms with E-state index in [9.17, 15) is 19.2 Å². The maximum Gasteiger partial charge on any atom is 0.329 e. The summed E-state index contributed by atoms with van der Waals surface area (Å²) in [5.74, 6) is -0.394. The van der Waals surface area contributed by atoms with Gasteiger partial charge >= 0.3 is 5.97 Å². The molecule has 33 heavy (non-hydrogen) atoms. The highest BCUT2D eigenvalue weighted by atomic mass is 16.5. The molecule has 7 heteroatoms. The molecule has 1 saturated heterocycles. The van der Waals surface area contributed by atoms with Crippen LogP contribution in [0.5, 0.6) is 5.75 Å². The number of methoxy groups -OCH3 is 1. The molecule has 2 bridgehead atoms. The average molecular weight is 452 g/mol. The minimum atomic E-state index is -0.977. The lowest BCUT2D eigenvalue weighted by Gasteiger charge is -2.37. The number of carbonyl (C=O) groups is 4. The van der Waals surface area contributed by atoms with Crippen LogP contribution >= 0.6 is 0 Å². The number of imide groups is 1. The van der Waals surface area contributed by atoms with Crippen molar-refractivity contribution in [2.45, 2.75) is 38.6 Å². The van der Waals surface area contributed by atoms with Gasteiger partial charge in [-0.25, -0.2) is 4.79 Å². The molecule has 6 rings (SSSR count). The van der Waals surface area contributed by atoms with Crippen molar-refractivity contribution in [3.05, 3.63) is 42.0 Å². The Morgan fingerprint density at radius 3 is 2.18 bits per heavy atom. The summed E-state index contributed by atoms with van der Waals surface area (Å²) in [6.07, 6.45) is 7.15. The highest BCUT2D eigenvalue weighted by Crippen LogP contribution is 2.65. The van der Waals surface area contributed by atoms with Crippen molar-refractivity contribution in [1.82, 2.24) is 4.90 Å². The SMILES string of the molecule is CCCC[C@@H](C(=O)OCC(=O)c1ccc(OC)cc1)N1C(=O)[C@@H]2[C@@H]3C=C[C@H]([C@H]4C[C@H]34)[C@@H]2C1=O. The Kier molecular flexibility index (Phi) is 5.59. The highest BCUT2D eigenvalue weighted by Gasteiger charge is 2.67. The number of unbranched alkanes of at least 4 members (excludes halogenated alkanes) is 1. The van der Waals surface area contributed by atoms with Crippen LogP contribution in [0.1, 0.15) is 43.0 Å². The first-order chi connectivity index (χ1) is 16.0. The Morgan fingerprint density at radius 2 is 1.64 bits per heavy atom. The van der Waals surface area contributed by atoms with Gasteiger partial charge in [0.25, 0.3) is 0 Å². The fraction of sp³-hybridized carbons (Fsp3) is 0.538. The number of hydrogen-bond donors (Lipinski definition) is 0. The summed E-state index contributed by atoms with van der Waals surface area (Å²) in [6, 6.07) is 5.56. The number of benzene rings is 1. The number of esters is 1. The summed E-state index contributed by atoms with van der Waals surface area (Å²) in [5, 5.41) is 0. The Hall–Kier alpha value is -2.96.